The monoisotopic (exact) mass is 1420 g/mol. The summed E-state index contributed by atoms with van der Waals surface area (Å²) in [5.41, 5.74) is -5.14. The third-order valence-corrected chi connectivity index (χ3v) is 26.8. The van der Waals surface area contributed by atoms with E-state index < -0.39 is 219 Å². The molecule has 100 heavy (non-hydrogen) atoms. The van der Waals surface area contributed by atoms with E-state index in [1.165, 1.54) is 19.9 Å². The van der Waals surface area contributed by atoms with Gasteiger partial charge in [-0.2, -0.15) is 0 Å². The van der Waals surface area contributed by atoms with Gasteiger partial charge >= 0.3 is 17.9 Å². The predicted octanol–water partition coefficient (Wildman–Crippen LogP) is 0.0676. The van der Waals surface area contributed by atoms with Crippen molar-refractivity contribution in [1.82, 2.24) is 0 Å². The Labute approximate surface area is 580 Å². The molecule has 5 saturated carbocycles. The molecule has 562 valence electrons. The van der Waals surface area contributed by atoms with Crippen LogP contribution in [0.4, 0.5) is 0 Å². The smallest absolute Gasteiger partial charge is 0.335 e. The van der Waals surface area contributed by atoms with Crippen molar-refractivity contribution in [1.29, 1.82) is 0 Å². The molecule has 29 heteroatoms. The number of rotatable bonds is 18. The molecule has 12 fully saturated rings. The van der Waals surface area contributed by atoms with Crippen LogP contribution in [0.15, 0.2) is 36.4 Å². The minimum Gasteiger partial charge on any atom is -0.479 e. The topological polar surface area (TPSA) is 434 Å². The van der Waals surface area contributed by atoms with Crippen LogP contribution in [0.3, 0.4) is 0 Å². The number of esters is 2. The number of hydrogen-bond donors (Lipinski definition) is 13. The minimum atomic E-state index is -2.27. The highest BCUT2D eigenvalue weighted by Crippen LogP contribution is 2.85. The van der Waals surface area contributed by atoms with Gasteiger partial charge in [-0.1, -0.05) is 78.8 Å². The van der Waals surface area contributed by atoms with Crippen LogP contribution in [0.5, 0.6) is 0 Å². The Morgan fingerprint density at radius 1 is 0.630 bits per heavy atom. The Morgan fingerprint density at radius 3 is 1.97 bits per heavy atom. The van der Waals surface area contributed by atoms with Crippen LogP contribution in [0, 0.1) is 56.2 Å². The maximum absolute atomic E-state index is 14.1. The van der Waals surface area contributed by atoms with Crippen molar-refractivity contribution in [3.8, 4) is 0 Å². The zero-order valence-electron chi connectivity index (χ0n) is 58.0. The highest BCUT2D eigenvalue weighted by molar-refractivity contribution is 5.87. The molecule has 0 aromatic heterocycles. The van der Waals surface area contributed by atoms with Crippen LogP contribution in [-0.2, 0) is 76.0 Å². The van der Waals surface area contributed by atoms with E-state index >= 15 is 0 Å². The summed E-state index contributed by atoms with van der Waals surface area (Å²) in [6.45, 7) is 15.4. The normalized spacial score (nSPS) is 52.1. The lowest BCUT2D eigenvalue weighted by Gasteiger charge is -2.74. The highest BCUT2D eigenvalue weighted by atomic mass is 16.8. The molecular formula is C71H104O29. The fraction of sp³-hybridized carbons (Fsp3) is 0.845. The third-order valence-electron chi connectivity index (χ3n) is 26.8. The molecule has 13 rings (SSSR count). The van der Waals surface area contributed by atoms with Gasteiger partial charge in [0.25, 0.3) is 0 Å². The van der Waals surface area contributed by atoms with Crippen molar-refractivity contribution in [2.45, 2.75) is 291 Å². The molecule has 35 atom stereocenters. The molecule has 13 N–H and O–H groups in total. The largest absolute Gasteiger partial charge is 0.479 e. The first-order valence-corrected chi connectivity index (χ1v) is 35.6. The second-order valence-corrected chi connectivity index (χ2v) is 33.1. The lowest BCUT2D eigenvalue weighted by atomic mass is 9.33. The summed E-state index contributed by atoms with van der Waals surface area (Å²) in [6.07, 6.45) is -32.1. The number of carbonyl (C=O) groups is 3. The lowest BCUT2D eigenvalue weighted by Crippen LogP contribution is -2.73. The Morgan fingerprint density at radius 2 is 1.30 bits per heavy atom. The summed E-state index contributed by atoms with van der Waals surface area (Å²) >= 11 is 0. The molecule has 12 aliphatic rings. The Bertz CT molecular complexity index is 3160. The summed E-state index contributed by atoms with van der Waals surface area (Å²) in [6, 6.07) is 9.52. The minimum absolute atomic E-state index is 0.0845. The number of carbonyl (C=O) groups excluding carboxylic acids is 2. The van der Waals surface area contributed by atoms with E-state index in [4.69, 9.17) is 61.6 Å². The van der Waals surface area contributed by atoms with Crippen molar-refractivity contribution in [3.05, 3.63) is 42.0 Å². The van der Waals surface area contributed by atoms with Crippen molar-refractivity contribution >= 4 is 24.0 Å². The first kappa shape index (κ1) is 74.7. The summed E-state index contributed by atoms with van der Waals surface area (Å²) in [5.74, 6) is -2.89. The van der Waals surface area contributed by atoms with Gasteiger partial charge < -0.3 is 128 Å². The maximum Gasteiger partial charge on any atom is 0.335 e. The second kappa shape index (κ2) is 27.0. The fourth-order valence-electron chi connectivity index (χ4n) is 21.8. The number of fused-ring (bicyclic) bond motifs is 4. The van der Waals surface area contributed by atoms with Crippen molar-refractivity contribution in [3.63, 3.8) is 0 Å². The Balaban J connectivity index is 0.801. The van der Waals surface area contributed by atoms with E-state index in [9.17, 15) is 80.8 Å². The molecule has 29 nitrogen and oxygen atoms in total. The molecule has 35 unspecified atom stereocenters. The van der Waals surface area contributed by atoms with Crippen LogP contribution < -0.4 is 0 Å². The average molecular weight is 1420 g/mol. The molecule has 2 bridgehead atoms. The number of benzene rings is 1. The molecule has 1 aromatic rings. The van der Waals surface area contributed by atoms with Crippen molar-refractivity contribution in [2.75, 3.05) is 26.4 Å². The standard InChI is InChI=1S/C71H104O29/c1-31-44(78)47(81)53(98-63-55(84)69(87,29-74)30-88-63)61(89-31)95-50-36(76)23-34(27-72)91-60(50)96-51-49(83)52(58(85)86)97-62(54(51)99-59-48(82)46(80)45(79)37(28-73)92-59)94-41-19-20-66(7)38(65(41,5)6)17-21-67(8)39(66)18-22-70-40-25-64(3,4)26-42(93-43(77)16-15-33-13-11-10-12-14-33)71(40)56(90-32(2)75)35(57(71)100-70)24-68(67,70)9/h10-16,31,34-42,44-57,59-63,72-74,76,78-84,87H,17-30H2,1-9H3,(H,85,86). The number of hydrogen-bond acceptors (Lipinski definition) is 28. The van der Waals surface area contributed by atoms with Gasteiger partial charge in [-0.15, -0.1) is 0 Å². The van der Waals surface area contributed by atoms with Gasteiger partial charge in [-0.05, 0) is 110 Å². The van der Waals surface area contributed by atoms with Gasteiger partial charge in [0.15, 0.2) is 37.6 Å². The van der Waals surface area contributed by atoms with E-state index in [2.05, 4.69) is 48.5 Å². The van der Waals surface area contributed by atoms with Gasteiger partial charge in [0.05, 0.1) is 68.0 Å². The number of carboxylic acids is 1. The number of aliphatic hydroxyl groups excluding tert-OH is 11. The molecular weight excluding hydrogens is 1320 g/mol. The van der Waals surface area contributed by atoms with Gasteiger partial charge in [-0.3, -0.25) is 4.79 Å². The summed E-state index contributed by atoms with van der Waals surface area (Å²) in [5, 5.41) is 144. The maximum atomic E-state index is 14.1. The van der Waals surface area contributed by atoms with Crippen LogP contribution in [0.2, 0.25) is 0 Å². The van der Waals surface area contributed by atoms with Gasteiger partial charge in [-0.25, -0.2) is 9.59 Å². The van der Waals surface area contributed by atoms with E-state index in [1.807, 2.05) is 30.3 Å². The zero-order chi connectivity index (χ0) is 72.1. The first-order chi connectivity index (χ1) is 47.1. The number of aliphatic carboxylic acids is 1. The number of ether oxygens (including phenoxy) is 13. The van der Waals surface area contributed by atoms with Crippen LogP contribution in [0.1, 0.15) is 132 Å². The van der Waals surface area contributed by atoms with Gasteiger partial charge in [0.2, 0.25) is 0 Å². The first-order valence-electron chi connectivity index (χ1n) is 35.6. The summed E-state index contributed by atoms with van der Waals surface area (Å²) < 4.78 is 83.3. The van der Waals surface area contributed by atoms with Crippen LogP contribution in [0.25, 0.3) is 6.08 Å². The molecule has 5 aliphatic carbocycles. The highest BCUT2D eigenvalue weighted by Gasteiger charge is 2.90. The van der Waals surface area contributed by atoms with Crippen LogP contribution in [-0.4, -0.2) is 275 Å². The molecule has 7 heterocycles. The van der Waals surface area contributed by atoms with E-state index in [-0.39, 0.29) is 52.4 Å². The zero-order valence-corrected chi connectivity index (χ0v) is 58.0. The van der Waals surface area contributed by atoms with E-state index in [0.29, 0.717) is 38.5 Å². The average Bonchev–Trinajstić information content (AvgIpc) is 1.44. The number of carboxylic acid groups (broad SMARTS) is 1. The van der Waals surface area contributed by atoms with Crippen molar-refractivity contribution < 1.29 is 142 Å². The summed E-state index contributed by atoms with van der Waals surface area (Å²) in [7, 11) is 0. The van der Waals surface area contributed by atoms with Crippen molar-refractivity contribution in [2.24, 2.45) is 56.2 Å². The van der Waals surface area contributed by atoms with Gasteiger partial charge in [0.1, 0.15) is 91.1 Å². The number of aliphatic hydroxyl groups is 12. The van der Waals surface area contributed by atoms with Crippen LogP contribution >= 0.6 is 0 Å². The second-order valence-electron chi connectivity index (χ2n) is 33.1. The molecule has 0 radical (unpaired) electrons. The molecule has 1 aromatic carbocycles. The molecule has 0 amide bonds. The Kier molecular flexibility index (Phi) is 20.2. The van der Waals surface area contributed by atoms with E-state index in [0.717, 1.165) is 24.8 Å². The predicted molar refractivity (Wildman–Crippen MR) is 339 cm³/mol. The van der Waals surface area contributed by atoms with E-state index in [1.54, 1.807) is 6.08 Å². The summed E-state index contributed by atoms with van der Waals surface area (Å²) in [4.78, 5) is 40.9. The third kappa shape index (κ3) is 11.8. The molecule has 7 saturated heterocycles. The molecule has 7 aliphatic heterocycles. The lowest BCUT2D eigenvalue weighted by molar-refractivity contribution is -0.404. The molecule has 2 spiro atoms. The quantitative estimate of drug-likeness (QED) is 0.0525. The van der Waals surface area contributed by atoms with Gasteiger partial charge in [0, 0.05) is 36.7 Å². The fourth-order valence-corrected chi connectivity index (χ4v) is 21.8. The SMILES string of the molecule is CC(=O)OC1C2CC3(C)C4(C)CCC5C(C)(C)C(OC6OC(C(=O)O)C(O)C(OC7OC(CO)CC(O)C7OC7OC(C)C(O)C(O)C7OC7OCC(O)(CO)C7O)C6OC6OC(CO)C(O)C(O)C6O)CCC5(C)C4CCC34OC2C12C(OC(=O)C=Cc1ccccc1)CC(C)(C)CC24. The Hall–Kier alpha value is -3.55.